The number of nitrogens with zero attached hydrogens (tertiary/aromatic N) is 1. The van der Waals surface area contributed by atoms with Crippen LogP contribution in [0, 0.1) is 0 Å². The molecule has 0 aliphatic rings. The third-order valence-corrected chi connectivity index (χ3v) is 1.72. The van der Waals surface area contributed by atoms with Crippen LogP contribution in [0.1, 0.15) is 18.1 Å². The molecule has 1 aromatic carbocycles. The van der Waals surface area contributed by atoms with Crippen molar-refractivity contribution in [2.45, 2.75) is 20.0 Å². The number of hydrogen-bond donors (Lipinski definition) is 1. The Balaban J connectivity index is 2.64. The van der Waals surface area contributed by atoms with Crippen LogP contribution >= 0.6 is 0 Å². The van der Waals surface area contributed by atoms with Gasteiger partial charge in [0.25, 0.3) is 0 Å². The monoisotopic (exact) mass is 162 g/mol. The fourth-order valence-electron chi connectivity index (χ4n) is 0.977. The highest BCUT2D eigenvalue weighted by atomic mass is 14.7. The van der Waals surface area contributed by atoms with Crippen LogP contribution in [0.25, 0.3) is 0 Å². The molecule has 0 aromatic heterocycles. The molecule has 0 bridgehead atoms. The van der Waals surface area contributed by atoms with E-state index in [2.05, 4.69) is 17.1 Å². The molecular formula is C10H14N2. The van der Waals surface area contributed by atoms with Gasteiger partial charge in [0.15, 0.2) is 0 Å². The Labute approximate surface area is 73.1 Å². The molecule has 0 unspecified atom stereocenters. The molecule has 2 heteroatoms. The highest BCUT2D eigenvalue weighted by Crippen LogP contribution is 2.04. The first kappa shape index (κ1) is 8.94. The number of rotatable bonds is 3. The number of nitrogens with two attached hydrogens (primary N) is 1. The fourth-order valence-corrected chi connectivity index (χ4v) is 0.977. The van der Waals surface area contributed by atoms with Gasteiger partial charge in [0.1, 0.15) is 0 Å². The van der Waals surface area contributed by atoms with E-state index in [9.17, 15) is 0 Å². The molecule has 2 N–H and O–H groups in total. The molecule has 1 aromatic rings. The lowest BCUT2D eigenvalue weighted by molar-refractivity contribution is 1.04. The van der Waals surface area contributed by atoms with Crippen molar-refractivity contribution in [2.75, 3.05) is 0 Å². The molecular weight excluding hydrogens is 148 g/mol. The van der Waals surface area contributed by atoms with E-state index in [0.29, 0.717) is 6.54 Å². The van der Waals surface area contributed by atoms with Crippen molar-refractivity contribution in [1.82, 2.24) is 0 Å². The quantitative estimate of drug-likeness (QED) is 0.675. The maximum absolute atomic E-state index is 5.47. The van der Waals surface area contributed by atoms with E-state index in [1.54, 1.807) is 0 Å². The highest BCUT2D eigenvalue weighted by Gasteiger charge is 1.90. The molecule has 0 radical (unpaired) electrons. The second kappa shape index (κ2) is 4.67. The zero-order chi connectivity index (χ0) is 8.81. The van der Waals surface area contributed by atoms with E-state index in [1.807, 2.05) is 25.3 Å². The largest absolute Gasteiger partial charge is 0.326 e. The Morgan fingerprint density at radius 1 is 1.25 bits per heavy atom. The van der Waals surface area contributed by atoms with Gasteiger partial charge in [0, 0.05) is 6.54 Å². The summed E-state index contributed by atoms with van der Waals surface area (Å²) in [6.07, 6.45) is 1.82. The van der Waals surface area contributed by atoms with Gasteiger partial charge in [-0.2, -0.15) is 0 Å². The van der Waals surface area contributed by atoms with Crippen LogP contribution in [0.3, 0.4) is 0 Å². The van der Waals surface area contributed by atoms with Gasteiger partial charge < -0.3 is 5.73 Å². The van der Waals surface area contributed by atoms with E-state index in [0.717, 1.165) is 6.54 Å². The predicted octanol–water partition coefficient (Wildman–Crippen LogP) is 1.74. The van der Waals surface area contributed by atoms with Gasteiger partial charge in [0.2, 0.25) is 0 Å². The Morgan fingerprint density at radius 3 is 2.33 bits per heavy atom. The van der Waals surface area contributed by atoms with E-state index >= 15 is 0 Å². The van der Waals surface area contributed by atoms with Crippen molar-refractivity contribution in [3.63, 3.8) is 0 Å². The Kier molecular flexibility index (Phi) is 3.48. The lowest BCUT2D eigenvalue weighted by Gasteiger charge is -1.98. The van der Waals surface area contributed by atoms with Crippen molar-refractivity contribution in [3.05, 3.63) is 35.4 Å². The molecule has 0 aliphatic carbocycles. The summed E-state index contributed by atoms with van der Waals surface area (Å²) in [5.41, 5.74) is 7.86. The van der Waals surface area contributed by atoms with Crippen LogP contribution in [0.4, 0.5) is 0 Å². The van der Waals surface area contributed by atoms with Gasteiger partial charge in [-0.1, -0.05) is 24.3 Å². The second-order valence-electron chi connectivity index (χ2n) is 2.62. The first-order chi connectivity index (χ1) is 5.86. The minimum absolute atomic E-state index is 0.608. The van der Waals surface area contributed by atoms with Gasteiger partial charge in [-0.25, -0.2) is 0 Å². The molecule has 0 fully saturated rings. The Morgan fingerprint density at radius 2 is 1.83 bits per heavy atom. The first-order valence-electron chi connectivity index (χ1n) is 4.09. The van der Waals surface area contributed by atoms with Gasteiger partial charge in [-0.3, -0.25) is 4.99 Å². The number of aliphatic imine (C=N–C) groups is 1. The zero-order valence-electron chi connectivity index (χ0n) is 7.33. The zero-order valence-corrected chi connectivity index (χ0v) is 7.33. The second-order valence-corrected chi connectivity index (χ2v) is 2.62. The van der Waals surface area contributed by atoms with E-state index in [4.69, 9.17) is 5.73 Å². The van der Waals surface area contributed by atoms with E-state index < -0.39 is 0 Å². The normalized spacial score (nSPS) is 10.8. The van der Waals surface area contributed by atoms with Gasteiger partial charge >= 0.3 is 0 Å². The molecule has 1 rings (SSSR count). The SMILES string of the molecule is CC=NCc1ccc(CN)cc1. The lowest BCUT2D eigenvalue weighted by Crippen LogP contribution is -1.95. The third kappa shape index (κ3) is 2.47. The van der Waals surface area contributed by atoms with Gasteiger partial charge in [0.05, 0.1) is 6.54 Å². The first-order valence-corrected chi connectivity index (χ1v) is 4.09. The van der Waals surface area contributed by atoms with E-state index in [-0.39, 0.29) is 0 Å². The molecule has 0 atom stereocenters. The van der Waals surface area contributed by atoms with Crippen LogP contribution < -0.4 is 5.73 Å². The van der Waals surface area contributed by atoms with E-state index in [1.165, 1.54) is 11.1 Å². The third-order valence-electron chi connectivity index (χ3n) is 1.72. The van der Waals surface area contributed by atoms with Crippen LogP contribution in [-0.4, -0.2) is 6.21 Å². The number of benzene rings is 1. The standard InChI is InChI=1S/C10H14N2/c1-2-12-8-10-5-3-9(7-11)4-6-10/h2-6H,7-8,11H2,1H3. The smallest absolute Gasteiger partial charge is 0.0635 e. The predicted molar refractivity (Wildman–Crippen MR) is 52.2 cm³/mol. The molecule has 0 aliphatic heterocycles. The summed E-state index contributed by atoms with van der Waals surface area (Å²) in [7, 11) is 0. The van der Waals surface area contributed by atoms with Crippen molar-refractivity contribution >= 4 is 6.21 Å². The summed E-state index contributed by atoms with van der Waals surface area (Å²) in [4.78, 5) is 4.14. The summed E-state index contributed by atoms with van der Waals surface area (Å²) < 4.78 is 0. The maximum atomic E-state index is 5.47. The molecule has 12 heavy (non-hydrogen) atoms. The molecule has 0 saturated heterocycles. The van der Waals surface area contributed by atoms with Crippen LogP contribution in [-0.2, 0) is 13.1 Å². The summed E-state index contributed by atoms with van der Waals surface area (Å²) in [5.74, 6) is 0. The summed E-state index contributed by atoms with van der Waals surface area (Å²) in [6, 6.07) is 8.21. The van der Waals surface area contributed by atoms with Gasteiger partial charge in [-0.05, 0) is 24.3 Å². The van der Waals surface area contributed by atoms with Crippen molar-refractivity contribution in [2.24, 2.45) is 10.7 Å². The fraction of sp³-hybridized carbons (Fsp3) is 0.300. The van der Waals surface area contributed by atoms with Crippen molar-refractivity contribution in [1.29, 1.82) is 0 Å². The molecule has 0 heterocycles. The van der Waals surface area contributed by atoms with Crippen LogP contribution in [0.5, 0.6) is 0 Å². The summed E-state index contributed by atoms with van der Waals surface area (Å²) in [6.45, 7) is 3.30. The van der Waals surface area contributed by atoms with Crippen LogP contribution in [0.15, 0.2) is 29.3 Å². The summed E-state index contributed by atoms with van der Waals surface area (Å²) in [5, 5.41) is 0. The van der Waals surface area contributed by atoms with Crippen molar-refractivity contribution in [3.8, 4) is 0 Å². The molecule has 0 spiro atoms. The molecule has 64 valence electrons. The average Bonchev–Trinajstić information content (AvgIpc) is 2.15. The number of hydrogen-bond acceptors (Lipinski definition) is 2. The molecule has 0 amide bonds. The minimum atomic E-state index is 0.608. The topological polar surface area (TPSA) is 38.4 Å². The van der Waals surface area contributed by atoms with Crippen molar-refractivity contribution < 1.29 is 0 Å². The summed E-state index contributed by atoms with van der Waals surface area (Å²) >= 11 is 0. The van der Waals surface area contributed by atoms with Crippen LogP contribution in [0.2, 0.25) is 0 Å². The highest BCUT2D eigenvalue weighted by molar-refractivity contribution is 5.53. The minimum Gasteiger partial charge on any atom is -0.326 e. The van der Waals surface area contributed by atoms with Gasteiger partial charge in [-0.15, -0.1) is 0 Å². The molecule has 2 nitrogen and oxygen atoms in total. The Hall–Kier alpha value is -1.15. The Bertz CT molecular complexity index is 249. The molecule has 0 saturated carbocycles. The average molecular weight is 162 g/mol. The maximum Gasteiger partial charge on any atom is 0.0635 e. The lowest BCUT2D eigenvalue weighted by atomic mass is 10.1.